The van der Waals surface area contributed by atoms with Crippen LogP contribution in [0, 0.1) is 19.7 Å². The molecule has 0 bridgehead atoms. The fraction of sp³-hybridized carbons (Fsp3) is 0.241. The average Bonchev–Trinajstić information content (AvgIpc) is 3.29. The lowest BCUT2D eigenvalue weighted by Crippen LogP contribution is -2.16. The molecule has 0 aliphatic heterocycles. The first-order chi connectivity index (χ1) is 19.6. The smallest absolute Gasteiger partial charge is 0.416 e. The predicted octanol–water partition coefficient (Wildman–Crippen LogP) is 8.99. The van der Waals surface area contributed by atoms with Gasteiger partial charge in [0.15, 0.2) is 6.61 Å². The third-order valence-electron chi connectivity index (χ3n) is 6.23. The molecule has 0 amide bonds. The standard InChI is InChI=1S/C29H22F7NO3S2/c1-15-12-19(10-11-23(15)40-13-24(38)39)41-14-20(25-21(29(34,35)36)4-3-5-22(25)30)26-16(2)37-27(42-26)17-6-8-18(9-7-17)28(31,32)33/h3-12,20H,13-14H2,1-2H3,(H,38,39). The van der Waals surface area contributed by atoms with Crippen molar-refractivity contribution in [3.8, 4) is 16.3 Å². The zero-order chi connectivity index (χ0) is 30.8. The molecule has 0 saturated carbocycles. The number of aliphatic carboxylic acids is 1. The van der Waals surface area contributed by atoms with Crippen molar-refractivity contribution >= 4 is 29.1 Å². The van der Waals surface area contributed by atoms with E-state index in [1.807, 2.05) is 0 Å². The third-order valence-corrected chi connectivity index (χ3v) is 8.64. The van der Waals surface area contributed by atoms with E-state index in [9.17, 15) is 31.1 Å². The topological polar surface area (TPSA) is 59.4 Å². The highest BCUT2D eigenvalue weighted by atomic mass is 32.2. The summed E-state index contributed by atoms with van der Waals surface area (Å²) in [5, 5.41) is 9.12. The van der Waals surface area contributed by atoms with Gasteiger partial charge in [-0.05, 0) is 61.9 Å². The molecule has 13 heteroatoms. The third kappa shape index (κ3) is 7.24. The van der Waals surface area contributed by atoms with E-state index in [0.29, 0.717) is 32.3 Å². The molecule has 222 valence electrons. The number of thiazole rings is 1. The maximum absolute atomic E-state index is 15.2. The Morgan fingerprint density at radius 3 is 2.29 bits per heavy atom. The van der Waals surface area contributed by atoms with Gasteiger partial charge in [-0.1, -0.05) is 18.2 Å². The number of benzene rings is 3. The van der Waals surface area contributed by atoms with Gasteiger partial charge in [-0.25, -0.2) is 14.2 Å². The zero-order valence-corrected chi connectivity index (χ0v) is 23.6. The van der Waals surface area contributed by atoms with Crippen molar-refractivity contribution in [2.24, 2.45) is 0 Å². The Bertz CT molecular complexity index is 1580. The molecule has 4 nitrogen and oxygen atoms in total. The van der Waals surface area contributed by atoms with Gasteiger partial charge in [0.1, 0.15) is 16.6 Å². The van der Waals surface area contributed by atoms with Gasteiger partial charge in [0.2, 0.25) is 0 Å². The molecule has 4 rings (SSSR count). The number of nitrogens with zero attached hydrogens (tertiary/aromatic N) is 1. The van der Waals surface area contributed by atoms with Crippen LogP contribution in [-0.2, 0) is 17.1 Å². The molecule has 1 heterocycles. The molecule has 3 aromatic carbocycles. The van der Waals surface area contributed by atoms with Gasteiger partial charge >= 0.3 is 18.3 Å². The molecule has 0 saturated heterocycles. The first kappa shape index (κ1) is 31.4. The normalized spacial score (nSPS) is 12.8. The first-order valence-corrected chi connectivity index (χ1v) is 14.0. The van der Waals surface area contributed by atoms with Gasteiger partial charge in [0, 0.05) is 32.6 Å². The van der Waals surface area contributed by atoms with Crippen LogP contribution in [0.25, 0.3) is 10.6 Å². The molecular weight excluding hydrogens is 607 g/mol. The lowest BCUT2D eigenvalue weighted by molar-refractivity contribution is -0.139. The summed E-state index contributed by atoms with van der Waals surface area (Å²) in [5.41, 5.74) is -1.29. The van der Waals surface area contributed by atoms with Crippen molar-refractivity contribution in [3.05, 3.63) is 99.3 Å². The van der Waals surface area contributed by atoms with Crippen LogP contribution in [-0.4, -0.2) is 28.4 Å². The Hall–Kier alpha value is -3.58. The van der Waals surface area contributed by atoms with E-state index in [2.05, 4.69) is 4.98 Å². The Kier molecular flexibility index (Phi) is 9.21. The number of halogens is 7. The SMILES string of the molecule is Cc1cc(SCC(c2sc(-c3ccc(C(F)(F)F)cc3)nc2C)c2c(F)cccc2C(F)(F)F)ccc1OCC(=O)O. The number of ether oxygens (including phenoxy) is 1. The minimum atomic E-state index is -4.85. The summed E-state index contributed by atoms with van der Waals surface area (Å²) in [4.78, 5) is 16.2. The van der Waals surface area contributed by atoms with Crippen LogP contribution in [0.15, 0.2) is 65.6 Å². The fourth-order valence-corrected chi connectivity index (χ4v) is 6.68. The summed E-state index contributed by atoms with van der Waals surface area (Å²) in [6.45, 7) is 2.69. The Labute approximate surface area is 244 Å². The largest absolute Gasteiger partial charge is 0.482 e. The van der Waals surface area contributed by atoms with Crippen LogP contribution in [0.4, 0.5) is 30.7 Å². The summed E-state index contributed by atoms with van der Waals surface area (Å²) in [5.74, 6) is -3.03. The summed E-state index contributed by atoms with van der Waals surface area (Å²) >= 11 is 2.15. The number of carboxylic acids is 1. The molecular formula is C29H22F7NO3S2. The second kappa shape index (κ2) is 12.3. The molecule has 1 N–H and O–H groups in total. The number of hydrogen-bond donors (Lipinski definition) is 1. The van der Waals surface area contributed by atoms with E-state index in [0.717, 1.165) is 53.4 Å². The maximum Gasteiger partial charge on any atom is 0.416 e. The second-order valence-corrected chi connectivity index (χ2v) is 11.3. The quantitative estimate of drug-likeness (QED) is 0.148. The van der Waals surface area contributed by atoms with E-state index >= 15 is 4.39 Å². The predicted molar refractivity (Wildman–Crippen MR) is 146 cm³/mol. The molecule has 0 radical (unpaired) electrons. The van der Waals surface area contributed by atoms with Crippen molar-refractivity contribution < 1.29 is 45.4 Å². The van der Waals surface area contributed by atoms with Crippen molar-refractivity contribution in [2.75, 3.05) is 12.4 Å². The highest BCUT2D eigenvalue weighted by molar-refractivity contribution is 7.99. The number of hydrogen-bond acceptors (Lipinski definition) is 5. The van der Waals surface area contributed by atoms with E-state index in [4.69, 9.17) is 9.84 Å². The van der Waals surface area contributed by atoms with Gasteiger partial charge in [-0.3, -0.25) is 0 Å². The summed E-state index contributed by atoms with van der Waals surface area (Å²) in [7, 11) is 0. The minimum absolute atomic E-state index is 0.0335. The van der Waals surface area contributed by atoms with Gasteiger partial charge < -0.3 is 9.84 Å². The van der Waals surface area contributed by atoms with Crippen molar-refractivity contribution in [1.29, 1.82) is 0 Å². The van der Waals surface area contributed by atoms with Crippen LogP contribution in [0.5, 0.6) is 5.75 Å². The van der Waals surface area contributed by atoms with Crippen LogP contribution in [0.1, 0.15) is 38.7 Å². The van der Waals surface area contributed by atoms with E-state index in [1.54, 1.807) is 32.0 Å². The summed E-state index contributed by atoms with van der Waals surface area (Å²) in [6, 6.07) is 11.8. The zero-order valence-electron chi connectivity index (χ0n) is 21.9. The highest BCUT2D eigenvalue weighted by Gasteiger charge is 2.38. The second-order valence-electron chi connectivity index (χ2n) is 9.22. The Morgan fingerprint density at radius 1 is 1.00 bits per heavy atom. The molecule has 0 aliphatic rings. The van der Waals surface area contributed by atoms with E-state index in [-0.39, 0.29) is 10.8 Å². The van der Waals surface area contributed by atoms with Gasteiger partial charge in [-0.15, -0.1) is 23.1 Å². The van der Waals surface area contributed by atoms with Crippen LogP contribution >= 0.6 is 23.1 Å². The van der Waals surface area contributed by atoms with E-state index in [1.165, 1.54) is 12.1 Å². The molecule has 4 aromatic rings. The number of alkyl halides is 6. The van der Waals surface area contributed by atoms with Crippen molar-refractivity contribution in [2.45, 2.75) is 37.0 Å². The first-order valence-electron chi connectivity index (χ1n) is 12.2. The number of carbonyl (C=O) groups is 1. The number of aromatic nitrogens is 1. The highest BCUT2D eigenvalue weighted by Crippen LogP contribution is 2.45. The number of rotatable bonds is 9. The van der Waals surface area contributed by atoms with Crippen LogP contribution < -0.4 is 4.74 Å². The summed E-state index contributed by atoms with van der Waals surface area (Å²) in [6.07, 6.45) is -9.39. The van der Waals surface area contributed by atoms with Crippen molar-refractivity contribution in [3.63, 3.8) is 0 Å². The molecule has 1 atom stereocenters. The molecule has 0 spiro atoms. The van der Waals surface area contributed by atoms with Crippen LogP contribution in [0.3, 0.4) is 0 Å². The van der Waals surface area contributed by atoms with Gasteiger partial charge in [0.05, 0.1) is 16.8 Å². The Balaban J connectivity index is 1.74. The molecule has 0 fully saturated rings. The fourth-order valence-electron chi connectivity index (χ4n) is 4.28. The lowest BCUT2D eigenvalue weighted by Gasteiger charge is -2.22. The molecule has 42 heavy (non-hydrogen) atoms. The lowest BCUT2D eigenvalue weighted by atomic mass is 9.92. The number of thioether (sulfide) groups is 1. The minimum Gasteiger partial charge on any atom is -0.482 e. The summed E-state index contributed by atoms with van der Waals surface area (Å²) < 4.78 is 102. The number of carboxylic acid groups (broad SMARTS) is 1. The Morgan fingerprint density at radius 2 is 1.69 bits per heavy atom. The molecule has 1 aromatic heterocycles. The average molecular weight is 630 g/mol. The van der Waals surface area contributed by atoms with Gasteiger partial charge in [0.25, 0.3) is 0 Å². The number of aryl methyl sites for hydroxylation is 2. The molecule has 1 unspecified atom stereocenters. The molecule has 0 aliphatic carbocycles. The van der Waals surface area contributed by atoms with Crippen molar-refractivity contribution in [1.82, 2.24) is 4.98 Å². The maximum atomic E-state index is 15.2. The van der Waals surface area contributed by atoms with E-state index < -0.39 is 53.4 Å². The van der Waals surface area contributed by atoms with Crippen LogP contribution in [0.2, 0.25) is 0 Å². The monoisotopic (exact) mass is 629 g/mol. The van der Waals surface area contributed by atoms with Gasteiger partial charge in [-0.2, -0.15) is 26.3 Å².